The normalized spacial score (nSPS) is 10.8. The third-order valence-corrected chi connectivity index (χ3v) is 3.66. The van der Waals surface area contributed by atoms with E-state index < -0.39 is 0 Å². The molecular weight excluding hydrogens is 288 g/mol. The molecule has 5 heteroatoms. The second-order valence-corrected chi connectivity index (χ2v) is 5.05. The monoisotopic (exact) mass is 300 g/mol. The van der Waals surface area contributed by atoms with E-state index in [4.69, 9.17) is 0 Å². The number of hydrogen-bond acceptors (Lipinski definition) is 4. The van der Waals surface area contributed by atoms with E-state index in [9.17, 15) is 4.79 Å². The predicted molar refractivity (Wildman–Crippen MR) is 86.1 cm³/mol. The van der Waals surface area contributed by atoms with Crippen LogP contribution in [-0.2, 0) is 0 Å². The Balaban J connectivity index is 1.87. The van der Waals surface area contributed by atoms with Crippen LogP contribution in [0.25, 0.3) is 16.9 Å². The average molecular weight is 300 g/mol. The Labute approximate surface area is 132 Å². The molecule has 0 amide bonds. The fraction of sp³-hybridized carbons (Fsp3) is 0. The SMILES string of the molecule is O=C(c1ccncc1)c1cnn2c(-c3ccccc3)ccnc12. The maximum Gasteiger partial charge on any atom is 0.198 e. The van der Waals surface area contributed by atoms with Crippen molar-refractivity contribution in [1.29, 1.82) is 0 Å². The first-order valence-corrected chi connectivity index (χ1v) is 7.17. The summed E-state index contributed by atoms with van der Waals surface area (Å²) in [5.41, 5.74) is 3.51. The molecule has 0 aliphatic heterocycles. The highest BCUT2D eigenvalue weighted by atomic mass is 16.1. The minimum atomic E-state index is -0.111. The number of rotatable bonds is 3. The topological polar surface area (TPSA) is 60.2 Å². The van der Waals surface area contributed by atoms with Crippen molar-refractivity contribution in [2.75, 3.05) is 0 Å². The van der Waals surface area contributed by atoms with Gasteiger partial charge < -0.3 is 0 Å². The smallest absolute Gasteiger partial charge is 0.198 e. The van der Waals surface area contributed by atoms with Crippen molar-refractivity contribution in [2.45, 2.75) is 0 Å². The molecule has 0 aliphatic rings. The van der Waals surface area contributed by atoms with Gasteiger partial charge >= 0.3 is 0 Å². The summed E-state index contributed by atoms with van der Waals surface area (Å²) in [6.07, 6.45) is 6.46. The lowest BCUT2D eigenvalue weighted by atomic mass is 10.1. The number of carbonyl (C=O) groups is 1. The molecule has 23 heavy (non-hydrogen) atoms. The Kier molecular flexibility index (Phi) is 3.16. The molecule has 0 N–H and O–H groups in total. The van der Waals surface area contributed by atoms with Crippen LogP contribution in [0.4, 0.5) is 0 Å². The van der Waals surface area contributed by atoms with Crippen molar-refractivity contribution < 1.29 is 4.79 Å². The van der Waals surface area contributed by atoms with Crippen LogP contribution in [-0.4, -0.2) is 25.4 Å². The zero-order chi connectivity index (χ0) is 15.6. The number of pyridine rings is 1. The third kappa shape index (κ3) is 2.28. The summed E-state index contributed by atoms with van der Waals surface area (Å²) in [5.74, 6) is -0.111. The molecule has 0 aliphatic carbocycles. The van der Waals surface area contributed by atoms with Crippen LogP contribution in [0.3, 0.4) is 0 Å². The van der Waals surface area contributed by atoms with Gasteiger partial charge in [0, 0.05) is 29.7 Å². The lowest BCUT2D eigenvalue weighted by Gasteiger charge is -2.04. The fourth-order valence-corrected chi connectivity index (χ4v) is 2.54. The van der Waals surface area contributed by atoms with E-state index in [2.05, 4.69) is 15.1 Å². The van der Waals surface area contributed by atoms with Gasteiger partial charge in [-0.1, -0.05) is 30.3 Å². The lowest BCUT2D eigenvalue weighted by molar-refractivity contribution is 0.104. The van der Waals surface area contributed by atoms with Crippen molar-refractivity contribution in [1.82, 2.24) is 19.6 Å². The molecule has 4 rings (SSSR count). The highest BCUT2D eigenvalue weighted by Gasteiger charge is 2.17. The van der Waals surface area contributed by atoms with Crippen molar-refractivity contribution >= 4 is 11.4 Å². The minimum Gasteiger partial charge on any atom is -0.288 e. The van der Waals surface area contributed by atoms with Crippen LogP contribution < -0.4 is 0 Å². The first kappa shape index (κ1) is 13.3. The van der Waals surface area contributed by atoms with Crippen LogP contribution in [0.15, 0.2) is 73.3 Å². The molecule has 5 nitrogen and oxygen atoms in total. The molecule has 0 fully saturated rings. The van der Waals surface area contributed by atoms with Crippen LogP contribution in [0.1, 0.15) is 15.9 Å². The first-order chi connectivity index (χ1) is 11.3. The summed E-state index contributed by atoms with van der Waals surface area (Å²) in [6.45, 7) is 0. The first-order valence-electron chi connectivity index (χ1n) is 7.17. The molecule has 0 unspecified atom stereocenters. The summed E-state index contributed by atoms with van der Waals surface area (Å²) in [5, 5.41) is 4.36. The second-order valence-electron chi connectivity index (χ2n) is 5.05. The lowest BCUT2D eigenvalue weighted by Crippen LogP contribution is -2.02. The van der Waals surface area contributed by atoms with E-state index >= 15 is 0 Å². The number of hydrogen-bond donors (Lipinski definition) is 0. The molecule has 0 spiro atoms. The van der Waals surface area contributed by atoms with Gasteiger partial charge in [-0.05, 0) is 18.2 Å². The van der Waals surface area contributed by atoms with Gasteiger partial charge in [-0.2, -0.15) is 5.10 Å². The maximum absolute atomic E-state index is 12.6. The highest BCUT2D eigenvalue weighted by Crippen LogP contribution is 2.21. The Morgan fingerprint density at radius 1 is 0.913 bits per heavy atom. The van der Waals surface area contributed by atoms with E-state index in [-0.39, 0.29) is 5.78 Å². The molecule has 0 bridgehead atoms. The molecule has 1 aromatic carbocycles. The van der Waals surface area contributed by atoms with Crippen LogP contribution in [0.2, 0.25) is 0 Å². The minimum absolute atomic E-state index is 0.111. The summed E-state index contributed by atoms with van der Waals surface area (Å²) in [6, 6.07) is 15.2. The van der Waals surface area contributed by atoms with Crippen LogP contribution in [0.5, 0.6) is 0 Å². The molecule has 3 heterocycles. The number of aromatic nitrogens is 4. The summed E-state index contributed by atoms with van der Waals surface area (Å²) in [7, 11) is 0. The Bertz CT molecular complexity index is 978. The van der Waals surface area contributed by atoms with Crippen LogP contribution >= 0.6 is 0 Å². The van der Waals surface area contributed by atoms with E-state index in [0.717, 1.165) is 11.3 Å². The van der Waals surface area contributed by atoms with Crippen LogP contribution in [0, 0.1) is 0 Å². The Hall–Kier alpha value is -3.34. The van der Waals surface area contributed by atoms with E-state index in [1.165, 1.54) is 0 Å². The van der Waals surface area contributed by atoms with Gasteiger partial charge in [0.15, 0.2) is 11.4 Å². The van der Waals surface area contributed by atoms with Gasteiger partial charge in [-0.15, -0.1) is 0 Å². The molecule has 0 atom stereocenters. The predicted octanol–water partition coefficient (Wildman–Crippen LogP) is 3.02. The Morgan fingerprint density at radius 3 is 2.48 bits per heavy atom. The highest BCUT2D eigenvalue weighted by molar-refractivity contribution is 6.12. The Morgan fingerprint density at radius 2 is 1.70 bits per heavy atom. The number of fused-ring (bicyclic) bond motifs is 1. The van der Waals surface area contributed by atoms with E-state index in [0.29, 0.717) is 16.8 Å². The molecule has 0 saturated heterocycles. The number of carbonyl (C=O) groups excluding carboxylic acids is 1. The summed E-state index contributed by atoms with van der Waals surface area (Å²) >= 11 is 0. The van der Waals surface area contributed by atoms with E-state index in [1.807, 2.05) is 36.4 Å². The fourth-order valence-electron chi connectivity index (χ4n) is 2.54. The summed E-state index contributed by atoms with van der Waals surface area (Å²) < 4.78 is 1.70. The number of nitrogens with zero attached hydrogens (tertiary/aromatic N) is 4. The van der Waals surface area contributed by atoms with Crippen molar-refractivity contribution in [2.24, 2.45) is 0 Å². The van der Waals surface area contributed by atoms with Crippen molar-refractivity contribution in [3.63, 3.8) is 0 Å². The molecule has 4 aromatic rings. The molecule has 3 aromatic heterocycles. The van der Waals surface area contributed by atoms with Gasteiger partial charge in [0.2, 0.25) is 0 Å². The number of ketones is 1. The third-order valence-electron chi connectivity index (χ3n) is 3.66. The summed E-state index contributed by atoms with van der Waals surface area (Å²) in [4.78, 5) is 20.9. The van der Waals surface area contributed by atoms with Gasteiger partial charge in [-0.25, -0.2) is 9.50 Å². The van der Waals surface area contributed by atoms with Gasteiger partial charge in [-0.3, -0.25) is 9.78 Å². The molecule has 0 saturated carbocycles. The second kappa shape index (κ2) is 5.46. The zero-order valence-corrected chi connectivity index (χ0v) is 12.1. The van der Waals surface area contributed by atoms with Gasteiger partial charge in [0.1, 0.15) is 0 Å². The molecular formula is C18H12N4O. The zero-order valence-electron chi connectivity index (χ0n) is 12.1. The molecule has 110 valence electrons. The van der Waals surface area contributed by atoms with Crippen molar-refractivity contribution in [3.05, 3.63) is 84.4 Å². The van der Waals surface area contributed by atoms with E-state index in [1.54, 1.807) is 41.4 Å². The largest absolute Gasteiger partial charge is 0.288 e. The molecule has 0 radical (unpaired) electrons. The standard InChI is InChI=1S/C18H12N4O/c23-17(14-6-9-19-10-7-14)15-12-21-22-16(8-11-20-18(15)22)13-4-2-1-3-5-13/h1-12H. The maximum atomic E-state index is 12.6. The average Bonchev–Trinajstić information content (AvgIpc) is 3.06. The van der Waals surface area contributed by atoms with Gasteiger partial charge in [0.05, 0.1) is 17.5 Å². The van der Waals surface area contributed by atoms with Crippen molar-refractivity contribution in [3.8, 4) is 11.3 Å². The quantitative estimate of drug-likeness (QED) is 0.546. The van der Waals surface area contributed by atoms with Gasteiger partial charge in [0.25, 0.3) is 0 Å². The number of benzene rings is 1.